The van der Waals surface area contributed by atoms with Crippen LogP contribution < -0.4 is 14.4 Å². The van der Waals surface area contributed by atoms with Crippen LogP contribution in [-0.2, 0) is 0 Å². The second kappa shape index (κ2) is 28.9. The van der Waals surface area contributed by atoms with Crippen LogP contribution >= 0.6 is 0 Å². The third-order valence-corrected chi connectivity index (χ3v) is 7.82. The minimum atomic E-state index is 0. The molecule has 2 heterocycles. The van der Waals surface area contributed by atoms with E-state index >= 15 is 0 Å². The topological polar surface area (TPSA) is 24.9 Å². The van der Waals surface area contributed by atoms with Crippen LogP contribution in [0, 0.1) is 19.8 Å². The lowest BCUT2D eigenvalue weighted by atomic mass is 10.0. The van der Waals surface area contributed by atoms with Gasteiger partial charge in [-0.3, -0.25) is 0 Å². The lowest BCUT2D eigenvalue weighted by Gasteiger charge is -2.34. The third-order valence-electron chi connectivity index (χ3n) is 7.82. The van der Waals surface area contributed by atoms with Gasteiger partial charge in [-0.25, -0.2) is 0 Å². The van der Waals surface area contributed by atoms with Gasteiger partial charge < -0.3 is 19.3 Å². The van der Waals surface area contributed by atoms with Crippen LogP contribution in [0.1, 0.15) is 95.4 Å². The predicted molar refractivity (Wildman–Crippen MR) is 231 cm³/mol. The van der Waals surface area contributed by atoms with Crippen LogP contribution in [0.2, 0.25) is 0 Å². The van der Waals surface area contributed by atoms with Gasteiger partial charge in [-0.1, -0.05) is 158 Å². The summed E-state index contributed by atoms with van der Waals surface area (Å²) in [6, 6.07) is 35.4. The van der Waals surface area contributed by atoms with Crippen molar-refractivity contribution >= 4 is 11.8 Å². The number of hydrogen-bond acceptors (Lipinski definition) is 4. The SMILES string of the molecule is C.C#C.C1CC1.C=CC.C=Cc1ccccc1.CC(C)c1ccc(N2CCN(C)CC2)cc1.CC(C)c1ccc2c(c1)OCO2.Cc1ccccc1. The average Bonchev–Trinajstić information content (AvgIpc) is 3.98. The van der Waals surface area contributed by atoms with Gasteiger partial charge in [0.1, 0.15) is 0 Å². The Hall–Kier alpha value is -4.72. The van der Waals surface area contributed by atoms with Crippen molar-refractivity contribution in [2.24, 2.45) is 0 Å². The Labute approximate surface area is 319 Å². The molecular formula is C48H68N2O2. The molecule has 1 saturated heterocycles. The van der Waals surface area contributed by atoms with Crippen LogP contribution in [0.25, 0.3) is 6.08 Å². The van der Waals surface area contributed by atoms with E-state index in [2.05, 4.69) is 120 Å². The molecule has 2 aliphatic heterocycles. The second-order valence-corrected chi connectivity index (χ2v) is 13.0. The zero-order chi connectivity index (χ0) is 37.9. The zero-order valence-corrected chi connectivity index (χ0v) is 32.6. The third kappa shape index (κ3) is 20.8. The summed E-state index contributed by atoms with van der Waals surface area (Å²) < 4.78 is 10.5. The van der Waals surface area contributed by atoms with E-state index in [0.717, 1.165) is 24.6 Å². The maximum atomic E-state index is 5.27. The highest BCUT2D eigenvalue weighted by Crippen LogP contribution is 2.34. The van der Waals surface area contributed by atoms with E-state index in [0.29, 0.717) is 18.6 Å². The summed E-state index contributed by atoms with van der Waals surface area (Å²) in [4.78, 5) is 4.86. The number of anilines is 1. The smallest absolute Gasteiger partial charge is 0.231 e. The number of ether oxygens (including phenoxy) is 2. The van der Waals surface area contributed by atoms with E-state index in [1.165, 1.54) is 60.3 Å². The number of likely N-dealkylation sites (N-methyl/N-ethyl adjacent to an activating group) is 1. The number of hydrogen-bond donors (Lipinski definition) is 0. The number of benzene rings is 4. The van der Waals surface area contributed by atoms with E-state index in [9.17, 15) is 0 Å². The summed E-state index contributed by atoms with van der Waals surface area (Å²) in [5.41, 5.74) is 6.59. The molecule has 1 aliphatic carbocycles. The summed E-state index contributed by atoms with van der Waals surface area (Å²) in [5, 5.41) is 0. The molecule has 0 N–H and O–H groups in total. The normalized spacial score (nSPS) is 12.9. The first-order chi connectivity index (χ1) is 24.7. The van der Waals surface area contributed by atoms with Crippen molar-refractivity contribution in [2.75, 3.05) is 44.9 Å². The standard InChI is InChI=1S/C14H22N2.C10H12O2.C8H8.C7H8.2C3H6.C2H2.CH4/c1-12(2)13-4-6-14(7-5-13)16-10-8-15(3)9-11-16;1-7(2)8-3-4-9-10(5-8)12-6-11-9;1-2-8-6-4-3-5-7-8;1-7-5-3-2-4-6-7;1-2-3-1;1-3-2;1-2;/h4-7,12H,8-11H2,1-3H3;3-5,7H,6H2,1-2H3;2-7H,1H2;2-6H,1H3;1-3H2;3H,1H2,2H3;1-2H;1H4. The first kappa shape index (κ1) is 47.3. The van der Waals surface area contributed by atoms with Gasteiger partial charge in [0.2, 0.25) is 6.79 Å². The molecule has 4 nitrogen and oxygen atoms in total. The summed E-state index contributed by atoms with van der Waals surface area (Å²) in [7, 11) is 2.19. The van der Waals surface area contributed by atoms with Crippen LogP contribution in [0.4, 0.5) is 5.69 Å². The maximum absolute atomic E-state index is 5.27. The Balaban J connectivity index is 0.000000641. The number of allylic oxidation sites excluding steroid dienone is 1. The van der Waals surface area contributed by atoms with Crippen LogP contribution in [0.3, 0.4) is 0 Å². The molecule has 0 aromatic heterocycles. The summed E-state index contributed by atoms with van der Waals surface area (Å²) >= 11 is 0. The van der Waals surface area contributed by atoms with Crippen molar-refractivity contribution in [1.82, 2.24) is 4.90 Å². The first-order valence-electron chi connectivity index (χ1n) is 18.2. The monoisotopic (exact) mass is 705 g/mol. The van der Waals surface area contributed by atoms with Crippen molar-refractivity contribution in [1.29, 1.82) is 0 Å². The molecule has 0 amide bonds. The highest BCUT2D eigenvalue weighted by Gasteiger charge is 2.15. The first-order valence-corrected chi connectivity index (χ1v) is 18.2. The van der Waals surface area contributed by atoms with E-state index < -0.39 is 0 Å². The molecule has 3 aliphatic rings. The zero-order valence-electron chi connectivity index (χ0n) is 32.6. The predicted octanol–water partition coefficient (Wildman–Crippen LogP) is 12.7. The lowest BCUT2D eigenvalue weighted by molar-refractivity contribution is 0.174. The number of nitrogens with zero attached hydrogens (tertiary/aromatic N) is 2. The van der Waals surface area contributed by atoms with Crippen LogP contribution in [0.5, 0.6) is 11.5 Å². The fourth-order valence-corrected chi connectivity index (χ4v) is 4.53. The molecule has 7 rings (SSSR count). The number of rotatable bonds is 4. The Morgan fingerprint density at radius 3 is 1.52 bits per heavy atom. The molecule has 0 bridgehead atoms. The van der Waals surface area contributed by atoms with E-state index in [4.69, 9.17) is 9.47 Å². The number of fused-ring (bicyclic) bond motifs is 1. The Kier molecular flexibility index (Phi) is 26.3. The van der Waals surface area contributed by atoms with Crippen LogP contribution in [0.15, 0.2) is 122 Å². The number of aryl methyl sites for hydroxylation is 1. The van der Waals surface area contributed by atoms with Gasteiger partial charge in [0.15, 0.2) is 11.5 Å². The van der Waals surface area contributed by atoms with Gasteiger partial charge in [-0.2, -0.15) is 0 Å². The molecule has 4 aromatic carbocycles. The Bertz CT molecular complexity index is 1460. The molecule has 0 unspecified atom stereocenters. The van der Waals surface area contributed by atoms with Crippen molar-refractivity contribution in [3.8, 4) is 24.3 Å². The van der Waals surface area contributed by atoms with Crippen molar-refractivity contribution in [3.63, 3.8) is 0 Å². The summed E-state index contributed by atoms with van der Waals surface area (Å²) in [6.45, 7) is 24.8. The fraction of sp³-hybridized carbons (Fsp3) is 0.375. The average molecular weight is 705 g/mol. The molecular weight excluding hydrogens is 637 g/mol. The van der Waals surface area contributed by atoms with Gasteiger partial charge in [-0.15, -0.1) is 19.4 Å². The summed E-state index contributed by atoms with van der Waals surface area (Å²) in [6.07, 6.45) is 16.1. The molecule has 52 heavy (non-hydrogen) atoms. The van der Waals surface area contributed by atoms with Gasteiger partial charge >= 0.3 is 0 Å². The van der Waals surface area contributed by atoms with Crippen LogP contribution in [-0.4, -0.2) is 44.9 Å². The number of terminal acetylenes is 1. The highest BCUT2D eigenvalue weighted by molar-refractivity contribution is 5.49. The Morgan fingerprint density at radius 1 is 0.654 bits per heavy atom. The van der Waals surface area contributed by atoms with Gasteiger partial charge in [0.25, 0.3) is 0 Å². The molecule has 282 valence electrons. The van der Waals surface area contributed by atoms with Gasteiger partial charge in [-0.05, 0) is 73.7 Å². The fourth-order valence-electron chi connectivity index (χ4n) is 4.53. The quantitative estimate of drug-likeness (QED) is 0.156. The largest absolute Gasteiger partial charge is 0.454 e. The number of piperazine rings is 1. The highest BCUT2D eigenvalue weighted by atomic mass is 16.7. The Morgan fingerprint density at radius 2 is 1.12 bits per heavy atom. The molecule has 4 aromatic rings. The maximum Gasteiger partial charge on any atom is 0.231 e. The van der Waals surface area contributed by atoms with Gasteiger partial charge in [0, 0.05) is 31.9 Å². The minimum absolute atomic E-state index is 0. The van der Waals surface area contributed by atoms with E-state index in [1.54, 1.807) is 6.08 Å². The van der Waals surface area contributed by atoms with Gasteiger partial charge in [0.05, 0.1) is 0 Å². The molecule has 0 atom stereocenters. The molecule has 0 spiro atoms. The molecule has 0 radical (unpaired) electrons. The van der Waals surface area contributed by atoms with Crippen molar-refractivity contribution < 1.29 is 9.47 Å². The molecule has 1 saturated carbocycles. The molecule has 2 fully saturated rings. The summed E-state index contributed by atoms with van der Waals surface area (Å²) in [5.74, 6) is 2.90. The lowest BCUT2D eigenvalue weighted by Crippen LogP contribution is -2.44. The van der Waals surface area contributed by atoms with E-state index in [-0.39, 0.29) is 7.43 Å². The second-order valence-electron chi connectivity index (χ2n) is 13.0. The van der Waals surface area contributed by atoms with Crippen molar-refractivity contribution in [3.05, 3.63) is 145 Å². The van der Waals surface area contributed by atoms with Crippen molar-refractivity contribution in [2.45, 2.75) is 80.1 Å². The molecule has 4 heteroatoms. The minimum Gasteiger partial charge on any atom is -0.454 e. The van der Waals surface area contributed by atoms with E-state index in [1.807, 2.05) is 73.7 Å².